The predicted octanol–water partition coefficient (Wildman–Crippen LogP) is 3.71. The fourth-order valence-corrected chi connectivity index (χ4v) is 4.93. The van der Waals surface area contributed by atoms with Crippen LogP contribution in [-0.2, 0) is 19.2 Å². The Hall–Kier alpha value is -2.55. The lowest BCUT2D eigenvalue weighted by Gasteiger charge is -2.31. The number of nitrogens with zero attached hydrogens (tertiary/aromatic N) is 1. The number of hydroxylamine groups is 1. The molecule has 4 atom stereocenters. The lowest BCUT2D eigenvalue weighted by atomic mass is 10.0. The van der Waals surface area contributed by atoms with Crippen LogP contribution in [0.1, 0.15) is 86.0 Å². The van der Waals surface area contributed by atoms with Gasteiger partial charge >= 0.3 is 6.09 Å². The van der Waals surface area contributed by atoms with Crippen molar-refractivity contribution in [2.45, 2.75) is 115 Å². The molecule has 1 saturated carbocycles. The Bertz CT molecular complexity index is 865. The van der Waals surface area contributed by atoms with Gasteiger partial charge in [-0.2, -0.15) is 0 Å². The van der Waals surface area contributed by atoms with Crippen molar-refractivity contribution in [2.24, 2.45) is 5.92 Å². The number of nitrogens with one attached hydrogen (secondary N) is 3. The number of amides is 3. The summed E-state index contributed by atoms with van der Waals surface area (Å²) in [4.78, 5) is 46.8. The van der Waals surface area contributed by atoms with Crippen molar-refractivity contribution < 1.29 is 24.0 Å². The van der Waals surface area contributed by atoms with Crippen molar-refractivity contribution in [3.05, 3.63) is 24.4 Å². The van der Waals surface area contributed by atoms with Crippen LogP contribution in [0, 0.1) is 5.92 Å². The van der Waals surface area contributed by atoms with Crippen LogP contribution in [0.15, 0.2) is 24.4 Å². The van der Waals surface area contributed by atoms with Crippen molar-refractivity contribution in [1.29, 1.82) is 0 Å². The van der Waals surface area contributed by atoms with Gasteiger partial charge in [0.15, 0.2) is 0 Å². The Morgan fingerprint density at radius 2 is 1.94 bits per heavy atom. The Balaban J connectivity index is 1.80. The zero-order chi connectivity index (χ0) is 26.5. The number of hydrogen-bond donors (Lipinski definition) is 3. The number of carbonyl (C=O) groups excluding carboxylic acids is 3. The van der Waals surface area contributed by atoms with E-state index in [4.69, 9.17) is 9.57 Å². The summed E-state index contributed by atoms with van der Waals surface area (Å²) in [6.45, 7) is 13.8. The summed E-state index contributed by atoms with van der Waals surface area (Å²) in [5.74, 6) is -0.308. The van der Waals surface area contributed by atoms with Gasteiger partial charge in [0.05, 0.1) is 17.3 Å². The molecule has 3 N–H and O–H groups in total. The number of allylic oxidation sites excluding steroid dienone is 1. The second-order valence-corrected chi connectivity index (χ2v) is 11.5. The number of rotatable bonds is 5. The average Bonchev–Trinajstić information content (AvgIpc) is 3.24. The van der Waals surface area contributed by atoms with E-state index in [1.54, 1.807) is 25.7 Å². The van der Waals surface area contributed by atoms with Crippen LogP contribution in [-0.4, -0.2) is 58.7 Å². The third kappa shape index (κ3) is 7.24. The summed E-state index contributed by atoms with van der Waals surface area (Å²) in [7, 11) is 0. The van der Waals surface area contributed by atoms with E-state index in [9.17, 15) is 14.4 Å². The second-order valence-electron chi connectivity index (χ2n) is 11.5. The normalized spacial score (nSPS) is 30.3. The standard InChI is InChI=1S/C27H44N4O5/c1-18(2)36-30-19(3)27-17-20(27)13-10-8-7-9-11-14-21(28-25(34)35-26(4,5)6)24(33)31-16-12-15-22(31)23(32)29-27/h10,13,18,20-22,30H,3,7-9,11-12,14-17H2,1-2,4-6H3,(H,28,34)(H,29,32)/b13-10-/t20-,21+,22+,27+/m1/s1. The molecule has 3 aliphatic rings. The van der Waals surface area contributed by atoms with E-state index in [0.29, 0.717) is 25.1 Å². The Labute approximate surface area is 215 Å². The molecule has 0 radical (unpaired) electrons. The van der Waals surface area contributed by atoms with Crippen molar-refractivity contribution >= 4 is 17.9 Å². The third-order valence-electron chi connectivity index (χ3n) is 6.88. The van der Waals surface area contributed by atoms with E-state index in [2.05, 4.69) is 34.8 Å². The summed E-state index contributed by atoms with van der Waals surface area (Å²) < 4.78 is 5.41. The molecule has 3 rings (SSSR count). The van der Waals surface area contributed by atoms with Crippen LogP contribution in [0.2, 0.25) is 0 Å². The van der Waals surface area contributed by atoms with Gasteiger partial charge in [-0.05, 0) is 73.1 Å². The minimum absolute atomic E-state index is 0.0406. The molecule has 202 valence electrons. The largest absolute Gasteiger partial charge is 0.444 e. The fraction of sp³-hybridized carbons (Fsp3) is 0.741. The molecule has 2 aliphatic heterocycles. The minimum Gasteiger partial charge on any atom is -0.444 e. The van der Waals surface area contributed by atoms with Crippen LogP contribution in [0.25, 0.3) is 0 Å². The summed E-state index contributed by atoms with van der Waals surface area (Å²) in [6.07, 6.45) is 9.85. The van der Waals surface area contributed by atoms with Gasteiger partial charge in [-0.3, -0.25) is 19.9 Å². The first-order valence-electron chi connectivity index (χ1n) is 13.3. The number of alkyl carbamates (subject to hydrolysis) is 1. The molecule has 0 aromatic carbocycles. The molecular weight excluding hydrogens is 460 g/mol. The molecule has 0 aromatic rings. The lowest BCUT2D eigenvalue weighted by molar-refractivity contribution is -0.140. The zero-order valence-corrected chi connectivity index (χ0v) is 22.5. The Kier molecular flexibility index (Phi) is 9.08. The van der Waals surface area contributed by atoms with Gasteiger partial charge in [-0.15, -0.1) is 0 Å². The van der Waals surface area contributed by atoms with E-state index in [1.807, 2.05) is 13.8 Å². The molecular formula is C27H44N4O5. The first-order valence-corrected chi connectivity index (χ1v) is 13.3. The lowest BCUT2D eigenvalue weighted by Crippen LogP contribution is -2.56. The third-order valence-corrected chi connectivity index (χ3v) is 6.88. The molecule has 2 fully saturated rings. The monoisotopic (exact) mass is 504 g/mol. The number of hydrogen-bond acceptors (Lipinski definition) is 6. The highest BCUT2D eigenvalue weighted by molar-refractivity contribution is 5.92. The predicted molar refractivity (Wildman–Crippen MR) is 138 cm³/mol. The number of carbonyl (C=O) groups is 3. The van der Waals surface area contributed by atoms with Crippen molar-refractivity contribution in [3.63, 3.8) is 0 Å². The smallest absolute Gasteiger partial charge is 0.408 e. The van der Waals surface area contributed by atoms with E-state index in [0.717, 1.165) is 38.5 Å². The van der Waals surface area contributed by atoms with Gasteiger partial charge in [0, 0.05) is 12.5 Å². The quantitative estimate of drug-likeness (QED) is 0.389. The van der Waals surface area contributed by atoms with Crippen LogP contribution in [0.3, 0.4) is 0 Å². The molecule has 9 heteroatoms. The van der Waals surface area contributed by atoms with Crippen LogP contribution in [0.4, 0.5) is 4.79 Å². The molecule has 9 nitrogen and oxygen atoms in total. The SMILES string of the molecule is C=C(NOC(C)C)[C@@]12C[C@H]1/C=C\CCCCC[C@H](NC(=O)OC(C)(C)C)C(=O)N1CCC[C@H]1C(=O)N2. The van der Waals surface area contributed by atoms with Crippen molar-refractivity contribution in [1.82, 2.24) is 21.0 Å². The number of ether oxygens (including phenoxy) is 1. The van der Waals surface area contributed by atoms with Crippen LogP contribution < -0.4 is 16.1 Å². The first kappa shape index (κ1) is 28.0. The van der Waals surface area contributed by atoms with E-state index >= 15 is 0 Å². The fourth-order valence-electron chi connectivity index (χ4n) is 4.93. The van der Waals surface area contributed by atoms with Gasteiger partial charge in [-0.1, -0.05) is 31.6 Å². The molecule has 0 bridgehead atoms. The zero-order valence-electron chi connectivity index (χ0n) is 22.5. The van der Waals surface area contributed by atoms with Gasteiger partial charge in [0.25, 0.3) is 0 Å². The van der Waals surface area contributed by atoms with Gasteiger partial charge in [0.1, 0.15) is 17.7 Å². The van der Waals surface area contributed by atoms with E-state index in [-0.39, 0.29) is 23.8 Å². The maximum absolute atomic E-state index is 13.6. The summed E-state index contributed by atoms with van der Waals surface area (Å²) >= 11 is 0. The topological polar surface area (TPSA) is 109 Å². The molecule has 0 spiro atoms. The van der Waals surface area contributed by atoms with Gasteiger partial charge in [0.2, 0.25) is 11.8 Å². The summed E-state index contributed by atoms with van der Waals surface area (Å²) in [5, 5.41) is 5.98. The molecule has 0 aromatic heterocycles. The van der Waals surface area contributed by atoms with Crippen LogP contribution >= 0.6 is 0 Å². The maximum atomic E-state index is 13.6. The maximum Gasteiger partial charge on any atom is 0.408 e. The van der Waals surface area contributed by atoms with Crippen molar-refractivity contribution in [2.75, 3.05) is 6.54 Å². The van der Waals surface area contributed by atoms with Gasteiger partial charge in [-0.25, -0.2) is 4.79 Å². The molecule has 1 aliphatic carbocycles. The van der Waals surface area contributed by atoms with Crippen molar-refractivity contribution in [3.8, 4) is 0 Å². The Morgan fingerprint density at radius 1 is 1.19 bits per heavy atom. The average molecular weight is 505 g/mol. The number of fused-ring (bicyclic) bond motifs is 2. The van der Waals surface area contributed by atoms with Crippen LogP contribution in [0.5, 0.6) is 0 Å². The molecule has 1 saturated heterocycles. The highest BCUT2D eigenvalue weighted by Crippen LogP contribution is 2.49. The molecule has 0 unspecified atom stereocenters. The highest BCUT2D eigenvalue weighted by Gasteiger charge is 2.57. The summed E-state index contributed by atoms with van der Waals surface area (Å²) in [5.41, 5.74) is 2.23. The van der Waals surface area contributed by atoms with Gasteiger partial charge < -0.3 is 20.3 Å². The molecule has 3 amide bonds. The first-order chi connectivity index (χ1) is 16.9. The minimum atomic E-state index is -0.729. The second kappa shape index (κ2) is 11.7. The molecule has 2 heterocycles. The van der Waals surface area contributed by atoms with E-state index in [1.165, 1.54) is 0 Å². The molecule has 36 heavy (non-hydrogen) atoms. The Morgan fingerprint density at radius 3 is 2.64 bits per heavy atom. The van der Waals surface area contributed by atoms with E-state index < -0.39 is 29.3 Å². The summed E-state index contributed by atoms with van der Waals surface area (Å²) in [6, 6.07) is -1.32. The highest BCUT2D eigenvalue weighted by atomic mass is 16.7.